The Kier molecular flexibility index (Phi) is 7.43. The summed E-state index contributed by atoms with van der Waals surface area (Å²) in [5.41, 5.74) is 3.11. The summed E-state index contributed by atoms with van der Waals surface area (Å²) in [5, 5.41) is 10.7. The topological polar surface area (TPSA) is 42.2 Å². The molecule has 0 atom stereocenters. The lowest BCUT2D eigenvalue weighted by molar-refractivity contribution is 0.284. The van der Waals surface area contributed by atoms with Crippen LogP contribution in [0.1, 0.15) is 16.7 Å². The van der Waals surface area contributed by atoms with E-state index in [9.17, 15) is 5.26 Å². The predicted octanol–water partition coefficient (Wildman–Crippen LogP) is 7.25. The average molecular weight is 536 g/mol. The quantitative estimate of drug-likeness (QED) is 0.190. The minimum Gasteiger partial charge on any atom is -0.493 e. The van der Waals surface area contributed by atoms with E-state index in [1.807, 2.05) is 54.6 Å². The first-order valence-electron chi connectivity index (χ1n) is 8.62. The molecule has 0 bridgehead atoms. The van der Waals surface area contributed by atoms with E-state index in [2.05, 4.69) is 28.7 Å². The first-order chi connectivity index (χ1) is 14.0. The van der Waals surface area contributed by atoms with E-state index in [-0.39, 0.29) is 6.61 Å². The van der Waals surface area contributed by atoms with E-state index in [0.29, 0.717) is 27.1 Å². The SMILES string of the molecule is COc1cc(/C=C(/C#N)c2ccc(I)cc2)ccc1OCc1ccc(Cl)cc1Cl. The van der Waals surface area contributed by atoms with E-state index in [1.165, 1.54) is 0 Å². The van der Waals surface area contributed by atoms with Crippen molar-refractivity contribution in [3.63, 3.8) is 0 Å². The number of hydrogen-bond donors (Lipinski definition) is 0. The minimum absolute atomic E-state index is 0.285. The summed E-state index contributed by atoms with van der Waals surface area (Å²) < 4.78 is 12.5. The maximum absolute atomic E-state index is 9.55. The zero-order chi connectivity index (χ0) is 20.8. The van der Waals surface area contributed by atoms with E-state index in [4.69, 9.17) is 32.7 Å². The van der Waals surface area contributed by atoms with Crippen LogP contribution in [0.4, 0.5) is 0 Å². The standard InChI is InChI=1S/C23H16Cl2INO2/c1-28-23-11-15(10-18(13-27)16-4-7-20(26)8-5-16)2-9-22(23)29-14-17-3-6-19(24)12-21(17)25/h2-12H,14H2,1H3/b18-10-. The Morgan fingerprint density at radius 2 is 1.79 bits per heavy atom. The summed E-state index contributed by atoms with van der Waals surface area (Å²) >= 11 is 14.4. The van der Waals surface area contributed by atoms with Gasteiger partial charge in [0, 0.05) is 19.2 Å². The molecule has 0 amide bonds. The van der Waals surface area contributed by atoms with Gasteiger partial charge in [-0.3, -0.25) is 0 Å². The van der Waals surface area contributed by atoms with E-state index < -0.39 is 0 Å². The van der Waals surface area contributed by atoms with Crippen LogP contribution in [0, 0.1) is 14.9 Å². The van der Waals surface area contributed by atoms with Crippen molar-refractivity contribution in [3.8, 4) is 17.6 Å². The lowest BCUT2D eigenvalue weighted by atomic mass is 10.0. The number of rotatable bonds is 6. The maximum atomic E-state index is 9.55. The van der Waals surface area contributed by atoms with Crippen LogP contribution in [0.2, 0.25) is 10.0 Å². The lowest BCUT2D eigenvalue weighted by Crippen LogP contribution is -1.98. The van der Waals surface area contributed by atoms with Gasteiger partial charge >= 0.3 is 0 Å². The number of benzene rings is 3. The molecule has 29 heavy (non-hydrogen) atoms. The van der Waals surface area contributed by atoms with Crippen molar-refractivity contribution in [2.24, 2.45) is 0 Å². The molecule has 3 aromatic rings. The second-order valence-corrected chi connectivity index (χ2v) is 8.20. The van der Waals surface area contributed by atoms with Crippen molar-refractivity contribution in [1.82, 2.24) is 0 Å². The van der Waals surface area contributed by atoms with Crippen molar-refractivity contribution in [2.45, 2.75) is 6.61 Å². The number of allylic oxidation sites excluding steroid dienone is 1. The highest BCUT2D eigenvalue weighted by molar-refractivity contribution is 14.1. The molecule has 0 radical (unpaired) electrons. The third-order valence-electron chi connectivity index (χ3n) is 4.17. The molecule has 3 nitrogen and oxygen atoms in total. The summed E-state index contributed by atoms with van der Waals surface area (Å²) in [6.45, 7) is 0.285. The second-order valence-electron chi connectivity index (χ2n) is 6.11. The molecule has 0 heterocycles. The van der Waals surface area contributed by atoms with E-state index in [0.717, 1.165) is 20.3 Å². The maximum Gasteiger partial charge on any atom is 0.161 e. The number of nitriles is 1. The van der Waals surface area contributed by atoms with Crippen LogP contribution in [0.15, 0.2) is 60.7 Å². The normalized spacial score (nSPS) is 11.1. The third kappa shape index (κ3) is 5.66. The molecule has 0 aromatic heterocycles. The average Bonchev–Trinajstić information content (AvgIpc) is 2.72. The third-order valence-corrected chi connectivity index (χ3v) is 5.48. The first-order valence-corrected chi connectivity index (χ1v) is 10.5. The summed E-state index contributed by atoms with van der Waals surface area (Å²) in [6, 6.07) is 20.9. The van der Waals surface area contributed by atoms with Crippen molar-refractivity contribution in [1.29, 1.82) is 5.26 Å². The summed E-state index contributed by atoms with van der Waals surface area (Å²) in [7, 11) is 1.58. The molecule has 6 heteroatoms. The van der Waals surface area contributed by atoms with Crippen molar-refractivity contribution in [2.75, 3.05) is 7.11 Å². The first kappa shape index (κ1) is 21.5. The minimum atomic E-state index is 0.285. The Bertz CT molecular complexity index is 1090. The molecule has 0 aliphatic carbocycles. The monoisotopic (exact) mass is 535 g/mol. The van der Waals surface area contributed by atoms with Gasteiger partial charge in [-0.25, -0.2) is 0 Å². The fourth-order valence-corrected chi connectivity index (χ4v) is 3.49. The molecule has 0 fully saturated rings. The smallest absolute Gasteiger partial charge is 0.161 e. The molecule has 0 saturated carbocycles. The molecule has 0 saturated heterocycles. The molecule has 0 spiro atoms. The highest BCUT2D eigenvalue weighted by Gasteiger charge is 2.09. The van der Waals surface area contributed by atoms with Crippen LogP contribution >= 0.6 is 45.8 Å². The fraction of sp³-hybridized carbons (Fsp3) is 0.0870. The van der Waals surface area contributed by atoms with Crippen molar-refractivity contribution >= 4 is 57.4 Å². The number of methoxy groups -OCH3 is 1. The molecular weight excluding hydrogens is 520 g/mol. The molecule has 3 rings (SSSR count). The van der Waals surface area contributed by atoms with Crippen LogP contribution in [0.25, 0.3) is 11.6 Å². The second kappa shape index (κ2) is 10.0. The number of hydrogen-bond acceptors (Lipinski definition) is 3. The molecule has 0 N–H and O–H groups in total. The van der Waals surface area contributed by atoms with Gasteiger partial charge in [0.15, 0.2) is 11.5 Å². The highest BCUT2D eigenvalue weighted by Crippen LogP contribution is 2.31. The molecule has 3 aromatic carbocycles. The Balaban J connectivity index is 1.82. The van der Waals surface area contributed by atoms with Gasteiger partial charge in [0.2, 0.25) is 0 Å². The summed E-state index contributed by atoms with van der Waals surface area (Å²) in [5.74, 6) is 1.16. The van der Waals surface area contributed by atoms with Gasteiger partial charge in [-0.05, 0) is 76.2 Å². The fourth-order valence-electron chi connectivity index (χ4n) is 2.66. The van der Waals surface area contributed by atoms with Gasteiger partial charge in [0.05, 0.1) is 18.8 Å². The summed E-state index contributed by atoms with van der Waals surface area (Å²) in [4.78, 5) is 0. The zero-order valence-electron chi connectivity index (χ0n) is 15.5. The largest absolute Gasteiger partial charge is 0.493 e. The number of ether oxygens (including phenoxy) is 2. The zero-order valence-corrected chi connectivity index (χ0v) is 19.1. The van der Waals surface area contributed by atoms with Gasteiger partial charge in [0.25, 0.3) is 0 Å². The highest BCUT2D eigenvalue weighted by atomic mass is 127. The molecule has 146 valence electrons. The van der Waals surface area contributed by atoms with Crippen LogP contribution in [-0.4, -0.2) is 7.11 Å². The Labute approximate surface area is 193 Å². The van der Waals surface area contributed by atoms with Gasteiger partial charge < -0.3 is 9.47 Å². The number of nitrogens with zero attached hydrogens (tertiary/aromatic N) is 1. The van der Waals surface area contributed by atoms with Crippen LogP contribution < -0.4 is 9.47 Å². The Morgan fingerprint density at radius 3 is 2.45 bits per heavy atom. The molecule has 0 unspecified atom stereocenters. The van der Waals surface area contributed by atoms with E-state index >= 15 is 0 Å². The number of halogens is 3. The Morgan fingerprint density at radius 1 is 1.03 bits per heavy atom. The van der Waals surface area contributed by atoms with Gasteiger partial charge in [0.1, 0.15) is 6.61 Å². The van der Waals surface area contributed by atoms with Gasteiger partial charge in [-0.1, -0.05) is 47.5 Å². The van der Waals surface area contributed by atoms with Crippen molar-refractivity contribution < 1.29 is 9.47 Å². The summed E-state index contributed by atoms with van der Waals surface area (Å²) in [6.07, 6.45) is 1.82. The Hall–Kier alpha value is -2.20. The molecule has 0 aliphatic rings. The van der Waals surface area contributed by atoms with Crippen LogP contribution in [-0.2, 0) is 6.61 Å². The van der Waals surface area contributed by atoms with E-state index in [1.54, 1.807) is 19.2 Å². The van der Waals surface area contributed by atoms with Gasteiger partial charge in [-0.15, -0.1) is 0 Å². The predicted molar refractivity (Wildman–Crippen MR) is 126 cm³/mol. The molecular formula is C23H16Cl2INO2. The van der Waals surface area contributed by atoms with Gasteiger partial charge in [-0.2, -0.15) is 5.26 Å². The lowest BCUT2D eigenvalue weighted by Gasteiger charge is -2.12. The van der Waals surface area contributed by atoms with Crippen molar-refractivity contribution in [3.05, 3.63) is 91.0 Å². The molecule has 0 aliphatic heterocycles. The van der Waals surface area contributed by atoms with Crippen LogP contribution in [0.5, 0.6) is 11.5 Å². The van der Waals surface area contributed by atoms with Crippen LogP contribution in [0.3, 0.4) is 0 Å².